The zero-order valence-corrected chi connectivity index (χ0v) is 17.5. The van der Waals surface area contributed by atoms with Crippen LogP contribution in [0.25, 0.3) is 0 Å². The number of rotatable bonds is 7. The Bertz CT molecular complexity index is 833. The van der Waals surface area contributed by atoms with E-state index in [1.54, 1.807) is 28.8 Å². The maximum Gasteiger partial charge on any atom is 0.251 e. The van der Waals surface area contributed by atoms with Crippen molar-refractivity contribution in [1.82, 2.24) is 25.4 Å². The summed E-state index contributed by atoms with van der Waals surface area (Å²) < 4.78 is 1.81. The van der Waals surface area contributed by atoms with E-state index in [2.05, 4.69) is 20.8 Å². The minimum atomic E-state index is -0.331. The molecule has 1 aliphatic carbocycles. The van der Waals surface area contributed by atoms with Gasteiger partial charge in [0.05, 0.1) is 11.8 Å². The normalized spacial score (nSPS) is 15.4. The lowest BCUT2D eigenvalue weighted by Crippen LogP contribution is -2.33. The molecule has 7 nitrogen and oxygen atoms in total. The van der Waals surface area contributed by atoms with Crippen LogP contribution in [-0.4, -0.2) is 38.4 Å². The van der Waals surface area contributed by atoms with Crippen LogP contribution in [-0.2, 0) is 11.8 Å². The van der Waals surface area contributed by atoms with Crippen molar-refractivity contribution in [3.8, 4) is 0 Å². The van der Waals surface area contributed by atoms with E-state index < -0.39 is 0 Å². The first kappa shape index (κ1) is 20.7. The number of nitrogens with zero attached hydrogens (tertiary/aromatic N) is 3. The molecule has 0 spiro atoms. The van der Waals surface area contributed by atoms with Crippen molar-refractivity contribution < 1.29 is 9.59 Å². The summed E-state index contributed by atoms with van der Waals surface area (Å²) in [5.74, 6) is 0.734. The standard InChI is InChI=1S/C19H24ClN5O2S/c1-12(21-18(27)13-7-9-14(20)10-8-13)17-23-24-19(25(17)2)28-11-16(26)22-15-5-3-4-6-15/h7-10,12,15H,3-6,11H2,1-2H3,(H,21,27)(H,22,26)/t12-/m1/s1. The lowest BCUT2D eigenvalue weighted by atomic mass is 10.2. The number of carbonyl (C=O) groups excluding carboxylic acids is 2. The van der Waals surface area contributed by atoms with Crippen LogP contribution in [0.3, 0.4) is 0 Å². The van der Waals surface area contributed by atoms with Crippen LogP contribution in [0.2, 0.25) is 5.02 Å². The van der Waals surface area contributed by atoms with Crippen LogP contribution in [0.15, 0.2) is 29.4 Å². The molecule has 0 unspecified atom stereocenters. The Morgan fingerprint density at radius 1 is 1.25 bits per heavy atom. The second-order valence-corrected chi connectivity index (χ2v) is 8.32. The van der Waals surface area contributed by atoms with E-state index in [0.717, 1.165) is 12.8 Å². The van der Waals surface area contributed by atoms with Crippen LogP contribution in [0.1, 0.15) is 54.8 Å². The molecule has 3 rings (SSSR count). The molecule has 1 saturated carbocycles. The van der Waals surface area contributed by atoms with Crippen molar-refractivity contribution in [3.05, 3.63) is 40.7 Å². The molecule has 150 valence electrons. The molecule has 28 heavy (non-hydrogen) atoms. The van der Waals surface area contributed by atoms with E-state index in [1.165, 1.54) is 24.6 Å². The van der Waals surface area contributed by atoms with E-state index in [0.29, 0.717) is 33.4 Å². The van der Waals surface area contributed by atoms with Crippen LogP contribution in [0.5, 0.6) is 0 Å². The molecular formula is C19H24ClN5O2S. The lowest BCUT2D eigenvalue weighted by molar-refractivity contribution is -0.119. The van der Waals surface area contributed by atoms with E-state index in [-0.39, 0.29) is 17.9 Å². The van der Waals surface area contributed by atoms with Gasteiger partial charge in [0.15, 0.2) is 11.0 Å². The van der Waals surface area contributed by atoms with Gasteiger partial charge in [-0.25, -0.2) is 0 Å². The fraction of sp³-hybridized carbons (Fsp3) is 0.474. The van der Waals surface area contributed by atoms with E-state index in [1.807, 2.05) is 14.0 Å². The summed E-state index contributed by atoms with van der Waals surface area (Å²) in [5, 5.41) is 15.5. The topological polar surface area (TPSA) is 88.9 Å². The zero-order chi connectivity index (χ0) is 20.1. The molecule has 0 aliphatic heterocycles. The van der Waals surface area contributed by atoms with Crippen molar-refractivity contribution in [1.29, 1.82) is 0 Å². The lowest BCUT2D eigenvalue weighted by Gasteiger charge is -2.14. The molecule has 1 fully saturated rings. The van der Waals surface area contributed by atoms with Gasteiger partial charge in [0.1, 0.15) is 0 Å². The highest BCUT2D eigenvalue weighted by Crippen LogP contribution is 2.21. The highest BCUT2D eigenvalue weighted by Gasteiger charge is 2.20. The number of thioether (sulfide) groups is 1. The Hall–Kier alpha value is -2.06. The van der Waals surface area contributed by atoms with Crippen LogP contribution >= 0.6 is 23.4 Å². The molecule has 0 saturated heterocycles. The maximum atomic E-state index is 12.4. The quantitative estimate of drug-likeness (QED) is 0.670. The third kappa shape index (κ3) is 5.26. The Morgan fingerprint density at radius 3 is 2.61 bits per heavy atom. The van der Waals surface area contributed by atoms with Gasteiger partial charge < -0.3 is 15.2 Å². The average Bonchev–Trinajstić information content (AvgIpc) is 3.30. The highest BCUT2D eigenvalue weighted by atomic mass is 35.5. The number of hydrogen-bond acceptors (Lipinski definition) is 5. The number of amides is 2. The molecule has 0 bridgehead atoms. The maximum absolute atomic E-state index is 12.4. The predicted octanol–water partition coefficient (Wildman–Crippen LogP) is 3.11. The number of carbonyl (C=O) groups is 2. The summed E-state index contributed by atoms with van der Waals surface area (Å²) in [6.45, 7) is 1.85. The number of aromatic nitrogens is 3. The summed E-state index contributed by atoms with van der Waals surface area (Å²) in [6.07, 6.45) is 4.50. The molecule has 0 radical (unpaired) electrons. The second kappa shape index (κ2) is 9.43. The van der Waals surface area contributed by atoms with Crippen molar-refractivity contribution in [2.24, 2.45) is 7.05 Å². The summed E-state index contributed by atoms with van der Waals surface area (Å²) in [7, 11) is 1.83. The van der Waals surface area contributed by atoms with Crippen molar-refractivity contribution >= 4 is 35.2 Å². The van der Waals surface area contributed by atoms with Gasteiger partial charge in [0.25, 0.3) is 5.91 Å². The van der Waals surface area contributed by atoms with Gasteiger partial charge in [0.2, 0.25) is 5.91 Å². The molecule has 2 N–H and O–H groups in total. The molecule has 1 atom stereocenters. The van der Waals surface area contributed by atoms with Crippen molar-refractivity contribution in [2.75, 3.05) is 5.75 Å². The van der Waals surface area contributed by atoms with Crippen LogP contribution in [0.4, 0.5) is 0 Å². The van der Waals surface area contributed by atoms with Gasteiger partial charge in [-0.1, -0.05) is 36.2 Å². The zero-order valence-electron chi connectivity index (χ0n) is 15.9. The molecule has 2 amide bonds. The summed E-state index contributed by atoms with van der Waals surface area (Å²) in [6, 6.07) is 6.67. The van der Waals surface area contributed by atoms with Gasteiger partial charge in [-0.3, -0.25) is 9.59 Å². The minimum Gasteiger partial charge on any atom is -0.353 e. The smallest absolute Gasteiger partial charge is 0.251 e. The largest absolute Gasteiger partial charge is 0.353 e. The number of nitrogens with one attached hydrogen (secondary N) is 2. The summed E-state index contributed by atoms with van der Waals surface area (Å²) in [5.41, 5.74) is 0.525. The van der Waals surface area contributed by atoms with Crippen LogP contribution < -0.4 is 10.6 Å². The minimum absolute atomic E-state index is 0.0190. The molecule has 1 aromatic heterocycles. The molecule has 1 aliphatic rings. The molecule has 1 aromatic carbocycles. The van der Waals surface area contributed by atoms with Gasteiger partial charge in [-0.15, -0.1) is 10.2 Å². The molecular weight excluding hydrogens is 398 g/mol. The molecule has 9 heteroatoms. The third-order valence-corrected chi connectivity index (χ3v) is 6.03. The first-order valence-electron chi connectivity index (χ1n) is 9.32. The van der Waals surface area contributed by atoms with Gasteiger partial charge >= 0.3 is 0 Å². The van der Waals surface area contributed by atoms with Gasteiger partial charge in [-0.2, -0.15) is 0 Å². The Labute approximate surface area is 173 Å². The fourth-order valence-corrected chi connectivity index (χ4v) is 4.10. The first-order chi connectivity index (χ1) is 13.4. The van der Waals surface area contributed by atoms with E-state index >= 15 is 0 Å². The predicted molar refractivity (Wildman–Crippen MR) is 109 cm³/mol. The summed E-state index contributed by atoms with van der Waals surface area (Å²) in [4.78, 5) is 24.5. The Morgan fingerprint density at radius 2 is 1.93 bits per heavy atom. The highest BCUT2D eigenvalue weighted by molar-refractivity contribution is 7.99. The number of benzene rings is 1. The summed E-state index contributed by atoms with van der Waals surface area (Å²) >= 11 is 7.20. The number of hydrogen-bond donors (Lipinski definition) is 2. The van der Waals surface area contributed by atoms with Crippen LogP contribution in [0, 0.1) is 0 Å². The molecule has 1 heterocycles. The van der Waals surface area contributed by atoms with Gasteiger partial charge in [-0.05, 0) is 44.0 Å². The third-order valence-electron chi connectivity index (χ3n) is 4.76. The monoisotopic (exact) mass is 421 g/mol. The fourth-order valence-electron chi connectivity index (χ4n) is 3.24. The number of halogens is 1. The molecule has 2 aromatic rings. The second-order valence-electron chi connectivity index (χ2n) is 6.94. The van der Waals surface area contributed by atoms with E-state index in [4.69, 9.17) is 11.6 Å². The first-order valence-corrected chi connectivity index (χ1v) is 10.7. The van der Waals surface area contributed by atoms with Crippen molar-refractivity contribution in [2.45, 2.75) is 49.8 Å². The Balaban J connectivity index is 1.54. The van der Waals surface area contributed by atoms with E-state index in [9.17, 15) is 9.59 Å². The average molecular weight is 422 g/mol. The Kier molecular flexibility index (Phi) is 6.96. The van der Waals surface area contributed by atoms with Gasteiger partial charge in [0, 0.05) is 23.7 Å². The van der Waals surface area contributed by atoms with Crippen molar-refractivity contribution in [3.63, 3.8) is 0 Å². The SMILES string of the molecule is C[C@@H](NC(=O)c1ccc(Cl)cc1)c1nnc(SCC(=O)NC2CCCC2)n1C.